The van der Waals surface area contributed by atoms with Crippen molar-refractivity contribution in [3.63, 3.8) is 0 Å². The van der Waals surface area contributed by atoms with Crippen LogP contribution >= 0.6 is 11.8 Å². The minimum absolute atomic E-state index is 0.547. The molecule has 16 heavy (non-hydrogen) atoms. The third kappa shape index (κ3) is 5.35. The molecule has 0 aliphatic rings. The zero-order valence-corrected chi connectivity index (χ0v) is 10.3. The third-order valence-electron chi connectivity index (χ3n) is 2.01. The van der Waals surface area contributed by atoms with Crippen LogP contribution in [0.3, 0.4) is 0 Å². The molecule has 1 aromatic carbocycles. The number of hydrogen-bond donors (Lipinski definition) is 0. The fraction of sp³-hybridized carbons (Fsp3) is 0.500. The van der Waals surface area contributed by atoms with Gasteiger partial charge in [0.25, 0.3) is 5.76 Å². The summed E-state index contributed by atoms with van der Waals surface area (Å²) in [5.41, 5.74) is 0. The van der Waals surface area contributed by atoms with Crippen LogP contribution in [0.25, 0.3) is 0 Å². The van der Waals surface area contributed by atoms with Crippen LogP contribution in [0.1, 0.15) is 20.3 Å². The Bertz CT molecular complexity index is 298. The van der Waals surface area contributed by atoms with Gasteiger partial charge in [0.15, 0.2) is 0 Å². The van der Waals surface area contributed by atoms with Crippen molar-refractivity contribution in [2.75, 3.05) is 6.61 Å². The van der Waals surface area contributed by atoms with Crippen LogP contribution in [0, 0.1) is 5.92 Å². The molecule has 0 spiro atoms. The molecule has 1 aromatic rings. The van der Waals surface area contributed by atoms with Gasteiger partial charge in [0.2, 0.25) is 0 Å². The van der Waals surface area contributed by atoms with Gasteiger partial charge < -0.3 is 4.74 Å². The van der Waals surface area contributed by atoms with Gasteiger partial charge in [-0.1, -0.05) is 25.6 Å². The summed E-state index contributed by atoms with van der Waals surface area (Å²) in [7, 11) is 0. The van der Waals surface area contributed by atoms with Crippen molar-refractivity contribution in [1.82, 2.24) is 0 Å². The molecule has 0 bridgehead atoms. The van der Waals surface area contributed by atoms with E-state index in [1.54, 1.807) is 24.3 Å². The van der Waals surface area contributed by atoms with Crippen LogP contribution in [0.2, 0.25) is 0 Å². The molecule has 90 valence electrons. The van der Waals surface area contributed by atoms with Gasteiger partial charge in [0, 0.05) is 4.90 Å². The molecular weight excluding hydrogens is 230 g/mol. The van der Waals surface area contributed by atoms with Gasteiger partial charge in [0.05, 0.1) is 6.61 Å². The zero-order chi connectivity index (χ0) is 12.0. The van der Waals surface area contributed by atoms with Gasteiger partial charge in [-0.25, -0.2) is 0 Å². The number of thioether (sulfide) groups is 1. The van der Waals surface area contributed by atoms with Crippen LogP contribution in [-0.4, -0.2) is 12.4 Å². The van der Waals surface area contributed by atoms with Gasteiger partial charge >= 0.3 is 0 Å². The quantitative estimate of drug-likeness (QED) is 0.687. The lowest BCUT2D eigenvalue weighted by atomic mass is 10.1. The molecule has 0 aromatic heterocycles. The predicted molar refractivity (Wildman–Crippen MR) is 63.3 cm³/mol. The monoisotopic (exact) mass is 246 g/mol. The van der Waals surface area contributed by atoms with Crippen molar-refractivity contribution in [3.05, 3.63) is 24.3 Å². The summed E-state index contributed by atoms with van der Waals surface area (Å²) in [4.78, 5) is 0.561. The fourth-order valence-electron chi connectivity index (χ4n) is 1.13. The lowest BCUT2D eigenvalue weighted by molar-refractivity contribution is 0.252. The summed E-state index contributed by atoms with van der Waals surface area (Å²) in [6.45, 7) is 4.93. The predicted octanol–water partition coefficient (Wildman–Crippen LogP) is 4.43. The first kappa shape index (κ1) is 13.3. The van der Waals surface area contributed by atoms with E-state index in [0.29, 0.717) is 29.2 Å². The van der Waals surface area contributed by atoms with E-state index in [-0.39, 0.29) is 0 Å². The van der Waals surface area contributed by atoms with E-state index in [1.807, 2.05) is 0 Å². The molecule has 0 atom stereocenters. The lowest BCUT2D eigenvalue weighted by Gasteiger charge is -2.08. The summed E-state index contributed by atoms with van der Waals surface area (Å²) in [6, 6.07) is 6.76. The normalized spacial score (nSPS) is 11.1. The summed E-state index contributed by atoms with van der Waals surface area (Å²) >= 11 is 0.547. The number of halogens is 2. The lowest BCUT2D eigenvalue weighted by Crippen LogP contribution is -2.01. The summed E-state index contributed by atoms with van der Waals surface area (Å²) in [5.74, 6) is -1.03. The van der Waals surface area contributed by atoms with Crippen molar-refractivity contribution in [2.45, 2.75) is 30.9 Å². The van der Waals surface area contributed by atoms with Gasteiger partial charge in [0.1, 0.15) is 5.75 Å². The van der Waals surface area contributed by atoms with Gasteiger partial charge in [-0.15, -0.1) is 0 Å². The molecule has 0 radical (unpaired) electrons. The smallest absolute Gasteiger partial charge is 0.288 e. The topological polar surface area (TPSA) is 9.23 Å². The molecule has 1 rings (SSSR count). The Balaban J connectivity index is 2.39. The minimum atomic E-state index is -2.37. The minimum Gasteiger partial charge on any atom is -0.494 e. The Kier molecular flexibility index (Phi) is 5.60. The standard InChI is InChI=1S/C12H16F2OS/c1-9(2)7-8-15-10-3-5-11(6-4-10)16-12(13)14/h3-6,9,12H,7-8H2,1-2H3. The molecular formula is C12H16F2OS. The molecule has 4 heteroatoms. The van der Waals surface area contributed by atoms with E-state index in [0.717, 1.165) is 12.2 Å². The van der Waals surface area contributed by atoms with Crippen LogP contribution in [0.4, 0.5) is 8.78 Å². The largest absolute Gasteiger partial charge is 0.494 e. The molecule has 0 saturated heterocycles. The molecule has 0 aliphatic heterocycles. The maximum Gasteiger partial charge on any atom is 0.288 e. The SMILES string of the molecule is CC(C)CCOc1ccc(SC(F)F)cc1. The molecule has 0 unspecified atom stereocenters. The first-order chi connectivity index (χ1) is 7.58. The van der Waals surface area contributed by atoms with Crippen LogP contribution in [-0.2, 0) is 0 Å². The molecule has 0 saturated carbocycles. The zero-order valence-electron chi connectivity index (χ0n) is 9.45. The van der Waals surface area contributed by atoms with Gasteiger partial charge in [-0.2, -0.15) is 8.78 Å². The van der Waals surface area contributed by atoms with Crippen molar-refractivity contribution < 1.29 is 13.5 Å². The van der Waals surface area contributed by atoms with Gasteiger partial charge in [-0.3, -0.25) is 0 Å². The van der Waals surface area contributed by atoms with Crippen LogP contribution in [0.15, 0.2) is 29.2 Å². The first-order valence-electron chi connectivity index (χ1n) is 5.25. The second kappa shape index (κ2) is 6.74. The molecule has 0 fully saturated rings. The summed E-state index contributed by atoms with van der Waals surface area (Å²) in [5, 5.41) is 0. The van der Waals surface area contributed by atoms with E-state index in [2.05, 4.69) is 13.8 Å². The van der Waals surface area contributed by atoms with Crippen LogP contribution in [0.5, 0.6) is 5.75 Å². The average molecular weight is 246 g/mol. The maximum absolute atomic E-state index is 12.0. The van der Waals surface area contributed by atoms with Crippen molar-refractivity contribution in [1.29, 1.82) is 0 Å². The molecule has 0 amide bonds. The Morgan fingerprint density at radius 2 is 1.81 bits per heavy atom. The molecule has 0 N–H and O–H groups in total. The van der Waals surface area contributed by atoms with Crippen LogP contribution < -0.4 is 4.74 Å². The maximum atomic E-state index is 12.0. The highest BCUT2D eigenvalue weighted by molar-refractivity contribution is 7.99. The average Bonchev–Trinajstić information content (AvgIpc) is 2.19. The Morgan fingerprint density at radius 1 is 1.19 bits per heavy atom. The summed E-state index contributed by atoms with van der Waals surface area (Å²) < 4.78 is 29.6. The highest BCUT2D eigenvalue weighted by Crippen LogP contribution is 2.26. The highest BCUT2D eigenvalue weighted by Gasteiger charge is 2.04. The highest BCUT2D eigenvalue weighted by atomic mass is 32.2. The molecule has 0 heterocycles. The van der Waals surface area contributed by atoms with E-state index in [1.165, 1.54) is 0 Å². The van der Waals surface area contributed by atoms with Crippen molar-refractivity contribution in [2.24, 2.45) is 5.92 Å². The number of alkyl halides is 2. The second-order valence-electron chi connectivity index (χ2n) is 3.88. The second-order valence-corrected chi connectivity index (χ2v) is 4.94. The van der Waals surface area contributed by atoms with Crippen molar-refractivity contribution in [3.8, 4) is 5.75 Å². The Labute approximate surface area is 99.2 Å². The van der Waals surface area contributed by atoms with E-state index >= 15 is 0 Å². The Morgan fingerprint density at radius 3 is 2.31 bits per heavy atom. The van der Waals surface area contributed by atoms with E-state index in [9.17, 15) is 8.78 Å². The first-order valence-corrected chi connectivity index (χ1v) is 6.13. The van der Waals surface area contributed by atoms with Crippen molar-refractivity contribution >= 4 is 11.8 Å². The number of ether oxygens (including phenoxy) is 1. The van der Waals surface area contributed by atoms with E-state index < -0.39 is 5.76 Å². The number of rotatable bonds is 6. The molecule has 1 nitrogen and oxygen atoms in total. The number of hydrogen-bond acceptors (Lipinski definition) is 2. The fourth-order valence-corrected chi connectivity index (χ4v) is 1.63. The van der Waals surface area contributed by atoms with E-state index in [4.69, 9.17) is 4.74 Å². The Hall–Kier alpha value is -0.770. The third-order valence-corrected chi connectivity index (χ3v) is 2.74. The summed E-state index contributed by atoms with van der Waals surface area (Å²) in [6.07, 6.45) is 0.994. The number of benzene rings is 1. The van der Waals surface area contributed by atoms with Gasteiger partial charge in [-0.05, 0) is 36.6 Å². The molecule has 0 aliphatic carbocycles.